The van der Waals surface area contributed by atoms with Crippen LogP contribution in [0.15, 0.2) is 96.6 Å². The normalized spacial score (nSPS) is 14.2. The molecule has 1 fully saturated rings. The fourth-order valence-corrected chi connectivity index (χ4v) is 4.84. The highest BCUT2D eigenvalue weighted by atomic mass is 35.5. The van der Waals surface area contributed by atoms with Crippen LogP contribution in [0.3, 0.4) is 0 Å². The van der Waals surface area contributed by atoms with Gasteiger partial charge in [0.05, 0.1) is 17.8 Å². The van der Waals surface area contributed by atoms with E-state index in [0.29, 0.717) is 49.9 Å². The van der Waals surface area contributed by atoms with Gasteiger partial charge >= 0.3 is 0 Å². The zero-order valence-electron chi connectivity index (χ0n) is 21.6. The second-order valence-electron chi connectivity index (χ2n) is 8.80. The average Bonchev–Trinajstić information content (AvgIpc) is 2.96. The molecule has 0 aromatic heterocycles. The second-order valence-corrected chi connectivity index (χ2v) is 10.0. The number of benzene rings is 4. The number of ether oxygens (including phenoxy) is 3. The van der Waals surface area contributed by atoms with Crippen molar-refractivity contribution < 1.29 is 23.8 Å². The summed E-state index contributed by atoms with van der Waals surface area (Å²) in [7, 11) is 1.54. The largest absolute Gasteiger partial charge is 0.496 e. The van der Waals surface area contributed by atoms with Crippen molar-refractivity contribution in [3.63, 3.8) is 0 Å². The number of amides is 2. The Morgan fingerprint density at radius 2 is 1.59 bits per heavy atom. The molecule has 0 spiro atoms. The van der Waals surface area contributed by atoms with Crippen molar-refractivity contribution in [2.24, 2.45) is 0 Å². The number of methoxy groups -OCH3 is 1. The SMILES string of the molecule is COc1ccc(/C=C2\C(=O)NC(=S)N(c3ccc(Oc4ccccc4)cc3)C2=O)cc1COc1ccc(Cl)cc1Cl. The molecular weight excluding hydrogens is 583 g/mol. The van der Waals surface area contributed by atoms with Crippen molar-refractivity contribution in [1.82, 2.24) is 5.32 Å². The molecule has 0 unspecified atom stereocenters. The number of para-hydroxylation sites is 1. The Morgan fingerprint density at radius 1 is 0.878 bits per heavy atom. The Bertz CT molecular complexity index is 1660. The number of nitrogens with one attached hydrogen (secondary N) is 1. The summed E-state index contributed by atoms with van der Waals surface area (Å²) in [5.74, 6) is 1.13. The molecule has 1 N–H and O–H groups in total. The van der Waals surface area contributed by atoms with E-state index in [9.17, 15) is 9.59 Å². The third-order valence-corrected chi connectivity index (χ3v) is 6.88. The fourth-order valence-electron chi connectivity index (χ4n) is 4.10. The third-order valence-electron chi connectivity index (χ3n) is 6.07. The van der Waals surface area contributed by atoms with E-state index in [1.165, 1.54) is 11.0 Å². The minimum Gasteiger partial charge on any atom is -0.496 e. The number of thiocarbonyl (C=S) groups is 1. The zero-order chi connectivity index (χ0) is 28.9. The van der Waals surface area contributed by atoms with E-state index in [0.717, 1.165) is 0 Å². The maximum absolute atomic E-state index is 13.5. The smallest absolute Gasteiger partial charge is 0.270 e. The molecule has 1 heterocycles. The Kier molecular flexibility index (Phi) is 8.54. The van der Waals surface area contributed by atoms with E-state index in [2.05, 4.69) is 5.32 Å². The number of anilines is 1. The highest BCUT2D eigenvalue weighted by molar-refractivity contribution is 7.80. The molecule has 0 atom stereocenters. The van der Waals surface area contributed by atoms with Crippen LogP contribution in [-0.4, -0.2) is 24.0 Å². The maximum atomic E-state index is 13.5. The van der Waals surface area contributed by atoms with E-state index in [-0.39, 0.29) is 17.3 Å². The molecule has 0 bridgehead atoms. The number of carbonyl (C=O) groups excluding carboxylic acids is 2. The first-order valence-corrected chi connectivity index (χ1v) is 13.5. The molecule has 10 heteroatoms. The number of hydrogen-bond donors (Lipinski definition) is 1. The molecular formula is C31H22Cl2N2O5S. The molecule has 1 aliphatic heterocycles. The number of halogens is 2. The van der Waals surface area contributed by atoms with Crippen LogP contribution in [0.1, 0.15) is 11.1 Å². The standard InChI is InChI=1S/C31H22Cl2N2O5S/c1-38-27-13-7-19(15-20(27)18-39-28-14-8-21(32)17-26(28)33)16-25-29(36)34-31(41)35(30(25)37)22-9-11-24(12-10-22)40-23-5-3-2-4-6-23/h2-17H,18H2,1H3,(H,34,36,41)/b25-16+. The van der Waals surface area contributed by atoms with Gasteiger partial charge in [0.15, 0.2) is 5.11 Å². The first kappa shape index (κ1) is 28.2. The first-order valence-electron chi connectivity index (χ1n) is 12.3. The summed E-state index contributed by atoms with van der Waals surface area (Å²) in [6.07, 6.45) is 1.50. The molecule has 1 saturated heterocycles. The Morgan fingerprint density at radius 3 is 2.29 bits per heavy atom. The molecule has 2 amide bonds. The summed E-state index contributed by atoms with van der Waals surface area (Å²) in [4.78, 5) is 27.6. The molecule has 0 aliphatic carbocycles. The van der Waals surface area contributed by atoms with Crippen LogP contribution >= 0.6 is 35.4 Å². The van der Waals surface area contributed by atoms with Crippen molar-refractivity contribution in [3.05, 3.63) is 118 Å². The molecule has 7 nitrogen and oxygen atoms in total. The van der Waals surface area contributed by atoms with Gasteiger partial charge in [0.25, 0.3) is 11.8 Å². The van der Waals surface area contributed by atoms with Crippen LogP contribution in [-0.2, 0) is 16.2 Å². The lowest BCUT2D eigenvalue weighted by molar-refractivity contribution is -0.122. The van der Waals surface area contributed by atoms with Gasteiger partial charge < -0.3 is 14.2 Å². The van der Waals surface area contributed by atoms with E-state index >= 15 is 0 Å². The number of nitrogens with zero attached hydrogens (tertiary/aromatic N) is 1. The molecule has 4 aromatic carbocycles. The first-order chi connectivity index (χ1) is 19.8. The highest BCUT2D eigenvalue weighted by Crippen LogP contribution is 2.31. The van der Waals surface area contributed by atoms with E-state index in [1.54, 1.807) is 67.8 Å². The van der Waals surface area contributed by atoms with Crippen molar-refractivity contribution in [1.29, 1.82) is 0 Å². The number of hydrogen-bond acceptors (Lipinski definition) is 6. The maximum Gasteiger partial charge on any atom is 0.270 e. The molecule has 0 saturated carbocycles. The van der Waals surface area contributed by atoms with Gasteiger partial charge in [-0.15, -0.1) is 0 Å². The predicted molar refractivity (Wildman–Crippen MR) is 163 cm³/mol. The highest BCUT2D eigenvalue weighted by Gasteiger charge is 2.34. The Hall–Kier alpha value is -4.37. The van der Waals surface area contributed by atoms with Crippen molar-refractivity contribution >= 4 is 64.1 Å². The van der Waals surface area contributed by atoms with E-state index in [4.69, 9.17) is 49.6 Å². The van der Waals surface area contributed by atoms with Crippen molar-refractivity contribution in [2.45, 2.75) is 6.61 Å². The van der Waals surface area contributed by atoms with Crippen LogP contribution in [0.25, 0.3) is 6.08 Å². The van der Waals surface area contributed by atoms with Gasteiger partial charge in [0.2, 0.25) is 0 Å². The summed E-state index contributed by atoms with van der Waals surface area (Å²) in [5.41, 5.74) is 1.67. The van der Waals surface area contributed by atoms with Gasteiger partial charge in [-0.1, -0.05) is 47.5 Å². The lowest BCUT2D eigenvalue weighted by Crippen LogP contribution is -2.54. The Balaban J connectivity index is 1.38. The molecule has 206 valence electrons. The second kappa shape index (κ2) is 12.4. The van der Waals surface area contributed by atoms with Crippen LogP contribution in [0.2, 0.25) is 10.0 Å². The van der Waals surface area contributed by atoms with E-state index < -0.39 is 11.8 Å². The minimum absolute atomic E-state index is 0.0162. The summed E-state index contributed by atoms with van der Waals surface area (Å²) in [5, 5.41) is 3.45. The zero-order valence-corrected chi connectivity index (χ0v) is 23.9. The van der Waals surface area contributed by atoms with Gasteiger partial charge in [-0.2, -0.15) is 0 Å². The third kappa shape index (κ3) is 6.52. The molecule has 0 radical (unpaired) electrons. The average molecular weight is 605 g/mol. The number of rotatable bonds is 8. The predicted octanol–water partition coefficient (Wildman–Crippen LogP) is 7.20. The van der Waals surface area contributed by atoms with Gasteiger partial charge in [0.1, 0.15) is 35.2 Å². The van der Waals surface area contributed by atoms with Gasteiger partial charge in [-0.25, -0.2) is 0 Å². The van der Waals surface area contributed by atoms with Crippen molar-refractivity contribution in [3.8, 4) is 23.0 Å². The van der Waals surface area contributed by atoms with Crippen LogP contribution in [0.5, 0.6) is 23.0 Å². The summed E-state index contributed by atoms with van der Waals surface area (Å²) < 4.78 is 17.2. The van der Waals surface area contributed by atoms with Gasteiger partial charge in [-0.05, 0) is 90.6 Å². The summed E-state index contributed by atoms with van der Waals surface area (Å²) >= 11 is 17.5. The van der Waals surface area contributed by atoms with Gasteiger partial charge in [-0.3, -0.25) is 19.8 Å². The molecule has 1 aliphatic rings. The molecule has 5 rings (SSSR count). The van der Waals surface area contributed by atoms with Crippen LogP contribution in [0.4, 0.5) is 5.69 Å². The molecule has 4 aromatic rings. The lowest BCUT2D eigenvalue weighted by Gasteiger charge is -2.29. The summed E-state index contributed by atoms with van der Waals surface area (Å²) in [6, 6.07) is 26.3. The lowest BCUT2D eigenvalue weighted by atomic mass is 10.0. The topological polar surface area (TPSA) is 77.1 Å². The quantitative estimate of drug-likeness (QED) is 0.130. The fraction of sp³-hybridized carbons (Fsp3) is 0.0645. The Labute approximate surface area is 251 Å². The molecule has 41 heavy (non-hydrogen) atoms. The van der Waals surface area contributed by atoms with Crippen LogP contribution in [0, 0.1) is 0 Å². The number of carbonyl (C=O) groups is 2. The summed E-state index contributed by atoms with van der Waals surface area (Å²) in [6.45, 7) is 0.120. The van der Waals surface area contributed by atoms with Crippen LogP contribution < -0.4 is 24.4 Å². The van der Waals surface area contributed by atoms with Gasteiger partial charge in [0, 0.05) is 10.6 Å². The minimum atomic E-state index is -0.596. The van der Waals surface area contributed by atoms with E-state index in [1.807, 2.05) is 30.3 Å². The monoisotopic (exact) mass is 604 g/mol. The van der Waals surface area contributed by atoms with Crippen molar-refractivity contribution in [2.75, 3.05) is 12.0 Å².